The van der Waals surface area contributed by atoms with Gasteiger partial charge in [-0.2, -0.15) is 0 Å². The third-order valence-electron chi connectivity index (χ3n) is 2.05. The Balaban J connectivity index is 2.86. The van der Waals surface area contributed by atoms with Crippen LogP contribution in [0.15, 0.2) is 18.2 Å². The van der Waals surface area contributed by atoms with Crippen LogP contribution in [-0.4, -0.2) is 17.5 Å². The molecular weight excluding hydrogens is 358 g/mol. The second kappa shape index (κ2) is 5.47. The zero-order valence-electron chi connectivity index (χ0n) is 8.31. The molecule has 17 heavy (non-hydrogen) atoms. The smallest absolute Gasteiger partial charge is 0.310 e. The molecule has 0 saturated carbocycles. The quantitative estimate of drug-likeness (QED) is 0.636. The molecule has 1 nitrogen and oxygen atoms in total. The fourth-order valence-electron chi connectivity index (χ4n) is 1.23. The third kappa shape index (κ3) is 4.06. The van der Waals surface area contributed by atoms with E-state index in [1.165, 1.54) is 6.07 Å². The fraction of sp³-hybridized carbons (Fsp3) is 0.400. The van der Waals surface area contributed by atoms with Crippen LogP contribution < -0.4 is 0 Å². The van der Waals surface area contributed by atoms with Gasteiger partial charge < -0.3 is 5.11 Å². The lowest BCUT2D eigenvalue weighted by Gasteiger charge is -2.19. The largest absolute Gasteiger partial charge is 0.388 e. The summed E-state index contributed by atoms with van der Waals surface area (Å²) in [7, 11) is 0. The highest BCUT2D eigenvalue weighted by molar-refractivity contribution is 14.1. The van der Waals surface area contributed by atoms with E-state index in [2.05, 4.69) is 0 Å². The van der Waals surface area contributed by atoms with Crippen LogP contribution in [0.5, 0.6) is 0 Å². The molecule has 1 aromatic carbocycles. The van der Waals surface area contributed by atoms with E-state index >= 15 is 0 Å². The summed E-state index contributed by atoms with van der Waals surface area (Å²) >= 11 is 1.73. The van der Waals surface area contributed by atoms with E-state index in [4.69, 9.17) is 0 Å². The summed E-state index contributed by atoms with van der Waals surface area (Å²) in [6.45, 7) is 0. The molecule has 96 valence electrons. The van der Waals surface area contributed by atoms with E-state index < -0.39 is 30.7 Å². The van der Waals surface area contributed by atoms with Crippen molar-refractivity contribution in [2.75, 3.05) is 0 Å². The molecule has 0 saturated heterocycles. The summed E-state index contributed by atoms with van der Waals surface area (Å²) in [6.07, 6.45) is -7.13. The van der Waals surface area contributed by atoms with Gasteiger partial charge in [-0.15, -0.1) is 0 Å². The van der Waals surface area contributed by atoms with Gasteiger partial charge in [-0.1, -0.05) is 0 Å². The Morgan fingerprint density at radius 3 is 2.29 bits per heavy atom. The molecular formula is C10H8F5IO. The Hall–Kier alpha value is -0.440. The maximum atomic E-state index is 12.9. The molecule has 0 heterocycles. The van der Waals surface area contributed by atoms with Crippen LogP contribution in [0, 0.1) is 9.39 Å². The van der Waals surface area contributed by atoms with E-state index in [0.29, 0.717) is 3.57 Å². The molecule has 1 N–H and O–H groups in total. The molecule has 0 fully saturated rings. The van der Waals surface area contributed by atoms with Crippen molar-refractivity contribution in [3.05, 3.63) is 33.1 Å². The Morgan fingerprint density at radius 1 is 1.24 bits per heavy atom. The van der Waals surface area contributed by atoms with Crippen molar-refractivity contribution in [1.29, 1.82) is 0 Å². The third-order valence-corrected chi connectivity index (χ3v) is 2.68. The minimum absolute atomic E-state index is 0.144. The first-order chi connectivity index (χ1) is 7.72. The number of hydrogen-bond acceptors (Lipinski definition) is 1. The molecule has 0 aliphatic rings. The van der Waals surface area contributed by atoms with Crippen molar-refractivity contribution in [2.45, 2.75) is 24.9 Å². The van der Waals surface area contributed by atoms with Crippen molar-refractivity contribution in [2.24, 2.45) is 0 Å². The molecule has 0 bridgehead atoms. The number of benzene rings is 1. The van der Waals surface area contributed by atoms with Crippen molar-refractivity contribution in [1.82, 2.24) is 0 Å². The molecule has 0 amide bonds. The predicted octanol–water partition coefficient (Wildman–Crippen LogP) is 3.75. The number of hydrogen-bond donors (Lipinski definition) is 1. The van der Waals surface area contributed by atoms with Crippen LogP contribution in [0.25, 0.3) is 0 Å². The van der Waals surface area contributed by atoms with Crippen molar-refractivity contribution in [3.8, 4) is 0 Å². The zero-order chi connectivity index (χ0) is 13.2. The van der Waals surface area contributed by atoms with Crippen LogP contribution in [0.3, 0.4) is 0 Å². The van der Waals surface area contributed by atoms with Crippen LogP contribution in [0.1, 0.15) is 18.1 Å². The van der Waals surface area contributed by atoms with E-state index in [1.54, 1.807) is 22.6 Å². The zero-order valence-corrected chi connectivity index (χ0v) is 10.5. The van der Waals surface area contributed by atoms with Crippen LogP contribution >= 0.6 is 22.6 Å². The molecule has 1 rings (SSSR count). The van der Waals surface area contributed by atoms with E-state index in [-0.39, 0.29) is 5.56 Å². The first kappa shape index (κ1) is 14.6. The number of aliphatic hydroxyl groups excluding tert-OH is 1. The van der Waals surface area contributed by atoms with E-state index in [9.17, 15) is 27.1 Å². The second-order valence-electron chi connectivity index (χ2n) is 3.48. The average molecular weight is 366 g/mol. The number of halogens is 6. The summed E-state index contributed by atoms with van der Waals surface area (Å²) in [4.78, 5) is 0. The van der Waals surface area contributed by atoms with Gasteiger partial charge in [-0.05, 0) is 46.4 Å². The van der Waals surface area contributed by atoms with Gasteiger partial charge >= 0.3 is 12.3 Å². The lowest BCUT2D eigenvalue weighted by molar-refractivity contribution is -0.149. The normalized spacial score (nSPS) is 14.1. The summed E-state index contributed by atoms with van der Waals surface area (Å²) in [6, 6.07) is 3.23. The Morgan fingerprint density at radius 2 is 1.82 bits per heavy atom. The van der Waals surface area contributed by atoms with Gasteiger partial charge in [0.05, 0.1) is 6.10 Å². The summed E-state index contributed by atoms with van der Waals surface area (Å²) < 4.78 is 62.5. The molecule has 1 aromatic rings. The fourth-order valence-corrected chi connectivity index (χ4v) is 1.89. The molecule has 0 aliphatic carbocycles. The van der Waals surface area contributed by atoms with Gasteiger partial charge in [0.1, 0.15) is 5.82 Å². The maximum Gasteiger partial charge on any atom is 0.310 e. The average Bonchev–Trinajstić information content (AvgIpc) is 2.15. The molecule has 0 aromatic heterocycles. The number of rotatable bonds is 4. The number of alkyl halides is 4. The van der Waals surface area contributed by atoms with Gasteiger partial charge in [-0.3, -0.25) is 0 Å². The topological polar surface area (TPSA) is 20.2 Å². The highest BCUT2D eigenvalue weighted by atomic mass is 127. The van der Waals surface area contributed by atoms with Crippen LogP contribution in [0.2, 0.25) is 0 Å². The molecule has 0 radical (unpaired) electrons. The Labute approximate surface area is 108 Å². The van der Waals surface area contributed by atoms with E-state index in [0.717, 1.165) is 12.1 Å². The van der Waals surface area contributed by atoms with Crippen LogP contribution in [-0.2, 0) is 0 Å². The van der Waals surface area contributed by atoms with Crippen molar-refractivity contribution >= 4 is 22.6 Å². The van der Waals surface area contributed by atoms with Gasteiger partial charge in [0.15, 0.2) is 0 Å². The molecule has 1 atom stereocenters. The molecule has 7 heteroatoms. The standard InChI is InChI=1S/C10H8F5IO/c11-6-1-5(2-7(16)3-6)8(17)4-10(14,15)9(12)13/h1-3,8-9,17H,4H2. The molecule has 1 unspecified atom stereocenters. The summed E-state index contributed by atoms with van der Waals surface area (Å²) in [5.74, 6) is -5.01. The Bertz CT molecular complexity index is 376. The minimum atomic E-state index is -4.29. The van der Waals surface area contributed by atoms with Crippen molar-refractivity contribution < 1.29 is 27.1 Å². The second-order valence-corrected chi connectivity index (χ2v) is 4.73. The number of aliphatic hydroxyl groups is 1. The Kier molecular flexibility index (Phi) is 4.70. The van der Waals surface area contributed by atoms with Crippen LogP contribution in [0.4, 0.5) is 22.0 Å². The van der Waals surface area contributed by atoms with Gasteiger partial charge in [0.25, 0.3) is 0 Å². The highest BCUT2D eigenvalue weighted by Gasteiger charge is 2.42. The van der Waals surface area contributed by atoms with Gasteiger partial charge in [0, 0.05) is 9.99 Å². The monoisotopic (exact) mass is 366 g/mol. The van der Waals surface area contributed by atoms with E-state index in [1.807, 2.05) is 0 Å². The summed E-state index contributed by atoms with van der Waals surface area (Å²) in [5, 5.41) is 9.37. The molecule has 0 aliphatic heterocycles. The first-order valence-corrected chi connectivity index (χ1v) is 5.60. The maximum absolute atomic E-state index is 12.9. The molecule has 0 spiro atoms. The lowest BCUT2D eigenvalue weighted by Crippen LogP contribution is -2.28. The first-order valence-electron chi connectivity index (χ1n) is 4.52. The minimum Gasteiger partial charge on any atom is -0.388 e. The van der Waals surface area contributed by atoms with Gasteiger partial charge in [0.2, 0.25) is 0 Å². The lowest BCUT2D eigenvalue weighted by atomic mass is 10.0. The predicted molar refractivity (Wildman–Crippen MR) is 59.6 cm³/mol. The summed E-state index contributed by atoms with van der Waals surface area (Å²) in [5.41, 5.74) is -0.144. The highest BCUT2D eigenvalue weighted by Crippen LogP contribution is 2.33. The SMILES string of the molecule is OC(CC(F)(F)C(F)F)c1cc(F)cc(I)c1. The van der Waals surface area contributed by atoms with Crippen molar-refractivity contribution in [3.63, 3.8) is 0 Å². The van der Waals surface area contributed by atoms with Gasteiger partial charge in [-0.25, -0.2) is 22.0 Å².